The van der Waals surface area contributed by atoms with E-state index in [4.69, 9.17) is 4.74 Å². The molecule has 1 aromatic heterocycles. The minimum absolute atomic E-state index is 0.0173. The molecule has 0 saturated carbocycles. The lowest BCUT2D eigenvalue weighted by molar-refractivity contribution is -0.137. The molecule has 1 amide bonds. The number of alkyl halides is 3. The molecule has 4 aromatic carbocycles. The number of carbonyl (C=O) groups is 1. The zero-order valence-corrected chi connectivity index (χ0v) is 24.9. The lowest BCUT2D eigenvalue weighted by atomic mass is 10.1. The van der Waals surface area contributed by atoms with Crippen LogP contribution in [-0.2, 0) is 11.0 Å². The van der Waals surface area contributed by atoms with Gasteiger partial charge in [0.15, 0.2) is 12.4 Å². The Bertz CT molecular complexity index is 1920. The van der Waals surface area contributed by atoms with Gasteiger partial charge in [-0.15, -0.1) is 0 Å². The van der Waals surface area contributed by atoms with Crippen LogP contribution < -0.4 is 15.6 Å². The Kier molecular flexibility index (Phi) is 8.74. The first kappa shape index (κ1) is 30.1. The fraction of sp³-hybridized carbons (Fsp3) is 0.0667. The summed E-state index contributed by atoms with van der Waals surface area (Å²) in [4.78, 5) is 30.1. The Morgan fingerprint density at radius 1 is 0.977 bits per heavy atom. The van der Waals surface area contributed by atoms with Gasteiger partial charge >= 0.3 is 6.18 Å². The first-order chi connectivity index (χ1) is 20.5. The van der Waals surface area contributed by atoms with Crippen LogP contribution in [0.2, 0.25) is 0 Å². The molecular formula is C30H18Br2F4N4O3. The monoisotopic (exact) mass is 716 g/mol. The number of para-hydroxylation sites is 2. The second-order valence-electron chi connectivity index (χ2n) is 9.02. The number of nitrogens with zero attached hydrogens (tertiary/aromatic N) is 3. The van der Waals surface area contributed by atoms with E-state index >= 15 is 0 Å². The van der Waals surface area contributed by atoms with Gasteiger partial charge in [-0.1, -0.05) is 36.4 Å². The number of hydrogen-bond acceptors (Lipinski definition) is 5. The summed E-state index contributed by atoms with van der Waals surface area (Å²) < 4.78 is 61.5. The van der Waals surface area contributed by atoms with Gasteiger partial charge < -0.3 is 10.1 Å². The molecule has 1 N–H and O–H groups in total. The molecule has 13 heteroatoms. The number of ether oxygens (including phenoxy) is 1. The Hall–Kier alpha value is -4.36. The van der Waals surface area contributed by atoms with Crippen molar-refractivity contribution in [3.05, 3.63) is 121 Å². The van der Waals surface area contributed by atoms with E-state index in [2.05, 4.69) is 47.3 Å². The van der Waals surface area contributed by atoms with E-state index in [1.54, 1.807) is 42.5 Å². The molecule has 0 spiro atoms. The van der Waals surface area contributed by atoms with Crippen molar-refractivity contribution in [2.24, 2.45) is 5.10 Å². The maximum Gasteiger partial charge on any atom is 0.416 e. The predicted octanol–water partition coefficient (Wildman–Crippen LogP) is 7.65. The number of fused-ring (bicyclic) bond motifs is 1. The number of nitrogens with one attached hydrogen (secondary N) is 1. The van der Waals surface area contributed by atoms with E-state index in [9.17, 15) is 27.2 Å². The lowest BCUT2D eigenvalue weighted by Gasteiger charge is -2.13. The largest absolute Gasteiger partial charge is 0.481 e. The Balaban J connectivity index is 1.45. The number of hydrogen-bond donors (Lipinski definition) is 1. The molecule has 218 valence electrons. The number of amides is 1. The van der Waals surface area contributed by atoms with Gasteiger partial charge in [0.1, 0.15) is 11.6 Å². The number of benzene rings is 4. The van der Waals surface area contributed by atoms with Crippen molar-refractivity contribution in [1.82, 2.24) is 9.66 Å². The highest BCUT2D eigenvalue weighted by Gasteiger charge is 2.31. The van der Waals surface area contributed by atoms with Crippen molar-refractivity contribution in [3.63, 3.8) is 0 Å². The van der Waals surface area contributed by atoms with Crippen molar-refractivity contribution in [1.29, 1.82) is 0 Å². The summed E-state index contributed by atoms with van der Waals surface area (Å²) in [5.41, 5.74) is -0.630. The van der Waals surface area contributed by atoms with E-state index in [1.807, 2.05) is 0 Å². The van der Waals surface area contributed by atoms with Gasteiger partial charge in [-0.25, -0.2) is 9.37 Å². The lowest BCUT2D eigenvalue weighted by Crippen LogP contribution is -2.21. The summed E-state index contributed by atoms with van der Waals surface area (Å²) in [6.45, 7) is -0.419. The highest BCUT2D eigenvalue weighted by Crippen LogP contribution is 2.35. The first-order valence-electron chi connectivity index (χ1n) is 12.4. The molecule has 0 atom stereocenters. The fourth-order valence-corrected chi connectivity index (χ4v) is 5.51. The fourth-order valence-electron chi connectivity index (χ4n) is 4.06. The molecule has 7 nitrogen and oxygen atoms in total. The maximum absolute atomic E-state index is 13.8. The Labute approximate surface area is 258 Å². The number of rotatable bonds is 7. The van der Waals surface area contributed by atoms with Crippen LogP contribution in [0.5, 0.6) is 5.75 Å². The van der Waals surface area contributed by atoms with E-state index < -0.39 is 35.6 Å². The van der Waals surface area contributed by atoms with Crippen molar-refractivity contribution in [3.8, 4) is 17.1 Å². The normalized spacial score (nSPS) is 11.7. The summed E-state index contributed by atoms with van der Waals surface area (Å²) in [5.74, 6) is -0.973. The highest BCUT2D eigenvalue weighted by molar-refractivity contribution is 9.11. The summed E-state index contributed by atoms with van der Waals surface area (Å²) in [7, 11) is 0. The number of aromatic nitrogens is 2. The number of carbonyl (C=O) groups excluding carboxylic acids is 1. The molecule has 0 radical (unpaired) electrons. The Morgan fingerprint density at radius 3 is 2.40 bits per heavy atom. The van der Waals surface area contributed by atoms with Gasteiger partial charge in [0, 0.05) is 5.56 Å². The number of halogens is 6. The molecule has 1 heterocycles. The van der Waals surface area contributed by atoms with Crippen molar-refractivity contribution in [2.75, 3.05) is 11.9 Å². The molecule has 0 unspecified atom stereocenters. The molecule has 0 aliphatic carbocycles. The van der Waals surface area contributed by atoms with Gasteiger partial charge in [-0.3, -0.25) is 9.59 Å². The van der Waals surface area contributed by atoms with Gasteiger partial charge in [-0.05, 0) is 86.0 Å². The zero-order valence-electron chi connectivity index (χ0n) is 21.7. The second kappa shape index (κ2) is 12.5. The molecule has 0 fully saturated rings. The minimum Gasteiger partial charge on any atom is -0.481 e. The van der Waals surface area contributed by atoms with E-state index in [1.165, 1.54) is 36.5 Å². The third kappa shape index (κ3) is 6.83. The first-order valence-corrected chi connectivity index (χ1v) is 14.0. The average molecular weight is 718 g/mol. The third-order valence-corrected chi connectivity index (χ3v) is 7.22. The highest BCUT2D eigenvalue weighted by atomic mass is 79.9. The summed E-state index contributed by atoms with van der Waals surface area (Å²) >= 11 is 6.76. The smallest absolute Gasteiger partial charge is 0.416 e. The summed E-state index contributed by atoms with van der Waals surface area (Å²) in [6, 6.07) is 19.9. The molecule has 0 bridgehead atoms. The summed E-state index contributed by atoms with van der Waals surface area (Å²) in [6.07, 6.45) is -3.26. The van der Waals surface area contributed by atoms with Crippen LogP contribution in [0.1, 0.15) is 11.1 Å². The Morgan fingerprint density at radius 2 is 1.67 bits per heavy atom. The van der Waals surface area contributed by atoms with Gasteiger partial charge in [0.05, 0.1) is 37.3 Å². The molecule has 5 aromatic rings. The molecular weight excluding hydrogens is 700 g/mol. The van der Waals surface area contributed by atoms with Gasteiger partial charge in [0.25, 0.3) is 11.5 Å². The van der Waals surface area contributed by atoms with Crippen LogP contribution in [0, 0.1) is 5.82 Å². The minimum atomic E-state index is -4.60. The van der Waals surface area contributed by atoms with Crippen LogP contribution >= 0.6 is 31.9 Å². The summed E-state index contributed by atoms with van der Waals surface area (Å²) in [5, 5.41) is 6.95. The standard InChI is InChI=1S/C30H18Br2F4N4O3/c31-21-12-17(13-22(32)27(21)43-16-26(41)38-25-11-4-2-9-23(25)33)15-37-40-28(18-6-5-7-19(14-18)30(34,35)36)39-24-10-3-1-8-20(24)29(40)42/h1-15H,16H2,(H,38,41). The molecule has 0 saturated heterocycles. The van der Waals surface area contributed by atoms with E-state index in [-0.39, 0.29) is 28.2 Å². The topological polar surface area (TPSA) is 85.6 Å². The maximum atomic E-state index is 13.8. The molecule has 0 aliphatic rings. The van der Waals surface area contributed by atoms with Crippen LogP contribution in [0.4, 0.5) is 23.2 Å². The van der Waals surface area contributed by atoms with E-state index in [0.29, 0.717) is 20.0 Å². The van der Waals surface area contributed by atoms with E-state index in [0.717, 1.165) is 16.8 Å². The average Bonchev–Trinajstić information content (AvgIpc) is 2.97. The third-order valence-electron chi connectivity index (χ3n) is 6.04. The van der Waals surface area contributed by atoms with Crippen molar-refractivity contribution in [2.45, 2.75) is 6.18 Å². The van der Waals surface area contributed by atoms with Gasteiger partial charge in [0.2, 0.25) is 0 Å². The van der Waals surface area contributed by atoms with Crippen LogP contribution in [0.3, 0.4) is 0 Å². The second-order valence-corrected chi connectivity index (χ2v) is 10.7. The van der Waals surface area contributed by atoms with Crippen molar-refractivity contribution < 1.29 is 27.1 Å². The van der Waals surface area contributed by atoms with Crippen LogP contribution in [0.25, 0.3) is 22.3 Å². The van der Waals surface area contributed by atoms with Crippen molar-refractivity contribution >= 4 is 60.6 Å². The zero-order chi connectivity index (χ0) is 30.7. The molecule has 43 heavy (non-hydrogen) atoms. The molecule has 5 rings (SSSR count). The molecule has 0 aliphatic heterocycles. The van der Waals surface area contributed by atoms with Crippen LogP contribution in [-0.4, -0.2) is 28.4 Å². The SMILES string of the molecule is O=C(COc1c(Br)cc(C=Nn2c(-c3cccc(C(F)(F)F)c3)nc3ccccc3c2=O)cc1Br)Nc1ccccc1F. The van der Waals surface area contributed by atoms with Crippen LogP contribution in [0.15, 0.2) is 104 Å². The quantitative estimate of drug-likeness (QED) is 0.139. The predicted molar refractivity (Wildman–Crippen MR) is 162 cm³/mol. The number of anilines is 1. The van der Waals surface area contributed by atoms with Gasteiger partial charge in [-0.2, -0.15) is 22.9 Å².